The van der Waals surface area contributed by atoms with E-state index in [0.29, 0.717) is 6.42 Å². The molecule has 0 aromatic heterocycles. The molecule has 1 aromatic rings. The number of carbonyl (C=O) groups is 1. The van der Waals surface area contributed by atoms with Crippen molar-refractivity contribution >= 4 is 23.5 Å². The SMILES string of the molecule is CNSc1ccc2c(c1)CCC(=O)N2. The summed E-state index contributed by atoms with van der Waals surface area (Å²) in [4.78, 5) is 12.3. The smallest absolute Gasteiger partial charge is 0.224 e. The third-order valence-electron chi connectivity index (χ3n) is 2.19. The molecule has 0 fully saturated rings. The largest absolute Gasteiger partial charge is 0.326 e. The molecule has 1 heterocycles. The van der Waals surface area contributed by atoms with Crippen LogP contribution in [0.4, 0.5) is 5.69 Å². The summed E-state index contributed by atoms with van der Waals surface area (Å²) in [6.45, 7) is 0. The molecule has 2 rings (SSSR count). The van der Waals surface area contributed by atoms with Gasteiger partial charge in [0.2, 0.25) is 5.91 Å². The maximum Gasteiger partial charge on any atom is 0.224 e. The Balaban J connectivity index is 2.26. The second-order valence-corrected chi connectivity index (χ2v) is 4.26. The molecule has 0 radical (unpaired) electrons. The summed E-state index contributed by atoms with van der Waals surface area (Å²) in [5.41, 5.74) is 2.19. The fraction of sp³-hybridized carbons (Fsp3) is 0.300. The Labute approximate surface area is 87.4 Å². The molecule has 4 heteroatoms. The third-order valence-corrected chi connectivity index (χ3v) is 2.89. The fourth-order valence-electron chi connectivity index (χ4n) is 1.54. The first-order valence-corrected chi connectivity index (χ1v) is 5.37. The molecule has 1 aromatic carbocycles. The van der Waals surface area contributed by atoms with Gasteiger partial charge < -0.3 is 5.32 Å². The lowest BCUT2D eigenvalue weighted by Gasteiger charge is -2.17. The van der Waals surface area contributed by atoms with Crippen LogP contribution in [0.5, 0.6) is 0 Å². The zero-order valence-electron chi connectivity index (χ0n) is 7.96. The van der Waals surface area contributed by atoms with E-state index in [1.807, 2.05) is 19.2 Å². The average Bonchev–Trinajstić information content (AvgIpc) is 2.19. The number of carbonyl (C=O) groups excluding carboxylic acids is 1. The number of hydrogen-bond donors (Lipinski definition) is 2. The second-order valence-electron chi connectivity index (χ2n) is 3.17. The quantitative estimate of drug-likeness (QED) is 0.728. The van der Waals surface area contributed by atoms with Crippen molar-refractivity contribution in [2.75, 3.05) is 12.4 Å². The first-order chi connectivity index (χ1) is 6.79. The van der Waals surface area contributed by atoms with E-state index >= 15 is 0 Å². The van der Waals surface area contributed by atoms with Gasteiger partial charge in [-0.25, -0.2) is 0 Å². The van der Waals surface area contributed by atoms with Crippen molar-refractivity contribution in [3.8, 4) is 0 Å². The molecule has 0 bridgehead atoms. The Morgan fingerprint density at radius 2 is 2.29 bits per heavy atom. The highest BCUT2D eigenvalue weighted by molar-refractivity contribution is 7.97. The van der Waals surface area contributed by atoms with Crippen LogP contribution in [0, 0.1) is 0 Å². The normalized spacial score (nSPS) is 14.8. The van der Waals surface area contributed by atoms with Gasteiger partial charge in [0.1, 0.15) is 0 Å². The molecule has 0 atom stereocenters. The summed E-state index contributed by atoms with van der Waals surface area (Å²) >= 11 is 1.59. The minimum Gasteiger partial charge on any atom is -0.326 e. The molecule has 0 saturated heterocycles. The topological polar surface area (TPSA) is 41.1 Å². The van der Waals surface area contributed by atoms with Gasteiger partial charge in [-0.3, -0.25) is 9.52 Å². The molecule has 1 aliphatic heterocycles. The van der Waals surface area contributed by atoms with E-state index in [1.165, 1.54) is 10.5 Å². The van der Waals surface area contributed by atoms with Crippen molar-refractivity contribution in [1.82, 2.24) is 4.72 Å². The fourth-order valence-corrected chi connectivity index (χ4v) is 2.11. The van der Waals surface area contributed by atoms with Crippen molar-refractivity contribution in [3.05, 3.63) is 23.8 Å². The van der Waals surface area contributed by atoms with Gasteiger partial charge in [0.25, 0.3) is 0 Å². The second kappa shape index (κ2) is 4.02. The van der Waals surface area contributed by atoms with Crippen LogP contribution in [-0.2, 0) is 11.2 Å². The summed E-state index contributed by atoms with van der Waals surface area (Å²) < 4.78 is 3.03. The van der Waals surface area contributed by atoms with Gasteiger partial charge in [0.15, 0.2) is 0 Å². The Morgan fingerprint density at radius 3 is 3.07 bits per heavy atom. The lowest BCUT2D eigenvalue weighted by Crippen LogP contribution is -2.18. The molecule has 0 saturated carbocycles. The van der Waals surface area contributed by atoms with Crippen LogP contribution >= 0.6 is 11.9 Å². The highest BCUT2D eigenvalue weighted by Crippen LogP contribution is 2.26. The number of hydrogen-bond acceptors (Lipinski definition) is 3. The Hall–Kier alpha value is -1.00. The number of amides is 1. The molecule has 3 nitrogen and oxygen atoms in total. The predicted octanol–water partition coefficient (Wildman–Crippen LogP) is 1.80. The van der Waals surface area contributed by atoms with Crippen LogP contribution in [-0.4, -0.2) is 13.0 Å². The molecule has 0 spiro atoms. The minimum absolute atomic E-state index is 0.117. The number of anilines is 1. The van der Waals surface area contributed by atoms with Gasteiger partial charge in [-0.2, -0.15) is 0 Å². The molecule has 74 valence electrons. The zero-order chi connectivity index (χ0) is 9.97. The van der Waals surface area contributed by atoms with Gasteiger partial charge in [0, 0.05) is 17.0 Å². The van der Waals surface area contributed by atoms with Gasteiger partial charge in [-0.15, -0.1) is 0 Å². The minimum atomic E-state index is 0.117. The highest BCUT2D eigenvalue weighted by Gasteiger charge is 2.14. The zero-order valence-corrected chi connectivity index (χ0v) is 8.78. The van der Waals surface area contributed by atoms with Gasteiger partial charge >= 0.3 is 0 Å². The Bertz CT molecular complexity index is 365. The number of fused-ring (bicyclic) bond motifs is 1. The first-order valence-electron chi connectivity index (χ1n) is 4.56. The van der Waals surface area contributed by atoms with Crippen molar-refractivity contribution < 1.29 is 4.79 Å². The highest BCUT2D eigenvalue weighted by atomic mass is 32.2. The molecule has 1 amide bonds. The lowest BCUT2D eigenvalue weighted by molar-refractivity contribution is -0.116. The van der Waals surface area contributed by atoms with E-state index < -0.39 is 0 Å². The maximum atomic E-state index is 11.1. The average molecular weight is 208 g/mol. The van der Waals surface area contributed by atoms with E-state index in [2.05, 4.69) is 16.1 Å². The van der Waals surface area contributed by atoms with Crippen LogP contribution in [0.2, 0.25) is 0 Å². The molecule has 0 unspecified atom stereocenters. The van der Waals surface area contributed by atoms with E-state index in [-0.39, 0.29) is 5.91 Å². The Kier molecular flexibility index (Phi) is 2.74. The van der Waals surface area contributed by atoms with Crippen LogP contribution in [0.1, 0.15) is 12.0 Å². The van der Waals surface area contributed by atoms with E-state index in [4.69, 9.17) is 0 Å². The lowest BCUT2D eigenvalue weighted by atomic mass is 10.0. The molecular weight excluding hydrogens is 196 g/mol. The number of nitrogens with one attached hydrogen (secondary N) is 2. The molecule has 2 N–H and O–H groups in total. The molecular formula is C10H12N2OS. The number of rotatable bonds is 2. The summed E-state index contributed by atoms with van der Waals surface area (Å²) in [5, 5.41) is 2.86. The van der Waals surface area contributed by atoms with E-state index in [1.54, 1.807) is 11.9 Å². The third kappa shape index (κ3) is 1.91. The number of aryl methyl sites for hydroxylation is 1. The van der Waals surface area contributed by atoms with Crippen LogP contribution in [0.25, 0.3) is 0 Å². The van der Waals surface area contributed by atoms with Crippen LogP contribution in [0.15, 0.2) is 23.1 Å². The summed E-state index contributed by atoms with van der Waals surface area (Å²) in [7, 11) is 1.89. The number of benzene rings is 1. The monoisotopic (exact) mass is 208 g/mol. The first kappa shape index (κ1) is 9.55. The van der Waals surface area contributed by atoms with Crippen molar-refractivity contribution in [1.29, 1.82) is 0 Å². The molecule has 1 aliphatic rings. The predicted molar refractivity (Wildman–Crippen MR) is 58.3 cm³/mol. The summed E-state index contributed by atoms with van der Waals surface area (Å²) in [6, 6.07) is 6.09. The van der Waals surface area contributed by atoms with Crippen LogP contribution < -0.4 is 10.0 Å². The van der Waals surface area contributed by atoms with Crippen molar-refractivity contribution in [3.63, 3.8) is 0 Å². The van der Waals surface area contributed by atoms with E-state index in [0.717, 1.165) is 12.1 Å². The van der Waals surface area contributed by atoms with Gasteiger partial charge in [0.05, 0.1) is 0 Å². The maximum absolute atomic E-state index is 11.1. The molecule has 14 heavy (non-hydrogen) atoms. The molecule has 0 aliphatic carbocycles. The van der Waals surface area contributed by atoms with Gasteiger partial charge in [-0.1, -0.05) is 0 Å². The van der Waals surface area contributed by atoms with Crippen molar-refractivity contribution in [2.45, 2.75) is 17.7 Å². The summed E-state index contributed by atoms with van der Waals surface area (Å²) in [6.07, 6.45) is 1.44. The van der Waals surface area contributed by atoms with Crippen molar-refractivity contribution in [2.24, 2.45) is 0 Å². The standard InChI is InChI=1S/C10H12N2OS/c1-11-14-8-3-4-9-7(6-8)2-5-10(13)12-9/h3-4,6,11H,2,5H2,1H3,(H,12,13). The van der Waals surface area contributed by atoms with Gasteiger partial charge in [-0.05, 0) is 49.2 Å². The summed E-state index contributed by atoms with van der Waals surface area (Å²) in [5.74, 6) is 0.117. The van der Waals surface area contributed by atoms with E-state index in [9.17, 15) is 4.79 Å². The van der Waals surface area contributed by atoms with Crippen LogP contribution in [0.3, 0.4) is 0 Å². The Morgan fingerprint density at radius 1 is 1.43 bits per heavy atom.